The van der Waals surface area contributed by atoms with Gasteiger partial charge in [-0.15, -0.1) is 11.3 Å². The second-order valence-corrected chi connectivity index (χ2v) is 12.2. The van der Waals surface area contributed by atoms with Gasteiger partial charge in [-0.05, 0) is 65.7 Å². The van der Waals surface area contributed by atoms with Gasteiger partial charge < -0.3 is 20.3 Å². The zero-order valence-corrected chi connectivity index (χ0v) is 25.6. The number of urea groups is 1. The fourth-order valence-electron chi connectivity index (χ4n) is 4.92. The van der Waals surface area contributed by atoms with Crippen molar-refractivity contribution >= 4 is 50.8 Å². The molecule has 42 heavy (non-hydrogen) atoms. The molecule has 0 saturated carbocycles. The van der Waals surface area contributed by atoms with E-state index in [0.717, 1.165) is 11.1 Å². The van der Waals surface area contributed by atoms with Crippen LogP contribution in [0.4, 0.5) is 16.2 Å². The largest absolute Gasteiger partial charge is 0.375 e. The van der Waals surface area contributed by atoms with Gasteiger partial charge in [0.2, 0.25) is 0 Å². The van der Waals surface area contributed by atoms with E-state index in [-0.39, 0.29) is 30.1 Å². The number of hydrogen-bond donors (Lipinski definition) is 2. The van der Waals surface area contributed by atoms with Crippen molar-refractivity contribution < 1.29 is 19.1 Å². The Labute approximate surface area is 250 Å². The monoisotopic (exact) mass is 588 g/mol. The standard InChI is InChI=1S/C31H36N6O4S/c1-18(2)10-11-22(19(3)4)37-23-12-13-33-28-24(23)25(35-30(37)40)26(42-28)27(38)34-21-9-8-14-36(17-21)29(39)20(16-32)15-31(5,6)41-7/h10-13,15,21H,1,8-9,14,17H2,2-7H3,(H,34,38)(H,35,40)/b11-10-,20-15+/t21-/m1/s1. The minimum Gasteiger partial charge on any atom is -0.375 e. The van der Waals surface area contributed by atoms with Crippen molar-refractivity contribution in [3.63, 3.8) is 0 Å². The second kappa shape index (κ2) is 12.3. The highest BCUT2D eigenvalue weighted by atomic mass is 32.1. The van der Waals surface area contributed by atoms with Crippen LogP contribution in [0.1, 0.15) is 57.1 Å². The highest BCUT2D eigenvalue weighted by Crippen LogP contribution is 2.45. The molecule has 0 unspecified atom stereocenters. The number of aromatic nitrogens is 1. The summed E-state index contributed by atoms with van der Waals surface area (Å²) >= 11 is 1.21. The van der Waals surface area contributed by atoms with Gasteiger partial charge in [-0.2, -0.15) is 5.26 Å². The van der Waals surface area contributed by atoms with Crippen LogP contribution in [0, 0.1) is 11.3 Å². The summed E-state index contributed by atoms with van der Waals surface area (Å²) in [5.74, 6) is -0.747. The summed E-state index contributed by atoms with van der Waals surface area (Å²) in [5.41, 5.74) is 2.78. The van der Waals surface area contributed by atoms with Crippen molar-refractivity contribution in [1.29, 1.82) is 5.26 Å². The molecule has 4 heterocycles. The maximum Gasteiger partial charge on any atom is 0.331 e. The van der Waals surface area contributed by atoms with Crippen molar-refractivity contribution in [2.75, 3.05) is 30.4 Å². The number of amides is 4. The lowest BCUT2D eigenvalue weighted by Gasteiger charge is -2.33. The van der Waals surface area contributed by atoms with Crippen LogP contribution in [0.2, 0.25) is 0 Å². The number of nitrogens with zero attached hydrogens (tertiary/aromatic N) is 4. The van der Waals surface area contributed by atoms with Crippen LogP contribution < -0.4 is 15.5 Å². The number of rotatable bonds is 8. The molecule has 0 aliphatic carbocycles. The average Bonchev–Trinajstić information content (AvgIpc) is 3.32. The van der Waals surface area contributed by atoms with Crippen molar-refractivity contribution in [1.82, 2.24) is 15.2 Å². The molecule has 0 bridgehead atoms. The molecule has 0 radical (unpaired) electrons. The number of pyridine rings is 1. The Balaban J connectivity index is 1.60. The third kappa shape index (κ3) is 6.30. The van der Waals surface area contributed by atoms with Gasteiger partial charge in [0.1, 0.15) is 21.3 Å². The van der Waals surface area contributed by atoms with E-state index in [1.165, 1.54) is 24.5 Å². The lowest BCUT2D eigenvalue weighted by molar-refractivity contribution is -0.128. The number of piperidine rings is 1. The van der Waals surface area contributed by atoms with Crippen LogP contribution in [0.25, 0.3) is 10.2 Å². The molecule has 0 spiro atoms. The predicted octanol–water partition coefficient (Wildman–Crippen LogP) is 5.67. The normalized spacial score (nSPS) is 17.2. The molecule has 10 nitrogen and oxygen atoms in total. The maximum absolute atomic E-state index is 13.6. The molecule has 4 amide bonds. The Kier molecular flexibility index (Phi) is 8.99. The Bertz CT molecular complexity index is 1590. The molecule has 2 aromatic heterocycles. The lowest BCUT2D eigenvalue weighted by atomic mass is 10.0. The number of nitriles is 1. The molecule has 2 aliphatic rings. The van der Waals surface area contributed by atoms with Gasteiger partial charge in [-0.25, -0.2) is 9.78 Å². The predicted molar refractivity (Wildman–Crippen MR) is 165 cm³/mol. The molecule has 11 heteroatoms. The van der Waals surface area contributed by atoms with Crippen LogP contribution in [0.15, 0.2) is 59.5 Å². The average molecular weight is 589 g/mol. The van der Waals surface area contributed by atoms with Crippen molar-refractivity contribution in [2.24, 2.45) is 0 Å². The third-order valence-corrected chi connectivity index (χ3v) is 8.24. The van der Waals surface area contributed by atoms with E-state index in [0.29, 0.717) is 51.6 Å². The van der Waals surface area contributed by atoms with Gasteiger partial charge in [0.25, 0.3) is 11.8 Å². The molecule has 4 rings (SSSR count). The van der Waals surface area contributed by atoms with E-state index in [1.54, 1.807) is 35.9 Å². The number of hydrogen-bond acceptors (Lipinski definition) is 7. The van der Waals surface area contributed by atoms with Crippen LogP contribution >= 0.6 is 11.3 Å². The Morgan fingerprint density at radius 2 is 2.05 bits per heavy atom. The number of nitrogens with one attached hydrogen (secondary N) is 2. The summed E-state index contributed by atoms with van der Waals surface area (Å²) in [6.07, 6.45) is 8.20. The quantitative estimate of drug-likeness (QED) is 0.232. The number of likely N-dealkylation sites (tertiary alicyclic amines) is 1. The van der Waals surface area contributed by atoms with E-state index in [9.17, 15) is 19.6 Å². The Morgan fingerprint density at radius 3 is 2.69 bits per heavy atom. The van der Waals surface area contributed by atoms with Crippen LogP contribution in [-0.2, 0) is 9.53 Å². The minimum atomic E-state index is -0.771. The lowest BCUT2D eigenvalue weighted by Crippen LogP contribution is -2.50. The van der Waals surface area contributed by atoms with E-state index < -0.39 is 11.5 Å². The summed E-state index contributed by atoms with van der Waals surface area (Å²) in [4.78, 5) is 48.8. The van der Waals surface area contributed by atoms with Gasteiger partial charge in [-0.3, -0.25) is 14.5 Å². The molecule has 2 N–H and O–H groups in total. The van der Waals surface area contributed by atoms with Gasteiger partial charge in [-0.1, -0.05) is 23.8 Å². The highest BCUT2D eigenvalue weighted by molar-refractivity contribution is 7.21. The van der Waals surface area contributed by atoms with E-state index in [4.69, 9.17) is 4.74 Å². The molecular weight excluding hydrogens is 552 g/mol. The van der Waals surface area contributed by atoms with E-state index in [1.807, 2.05) is 39.0 Å². The summed E-state index contributed by atoms with van der Waals surface area (Å²) in [7, 11) is 1.52. The molecule has 1 fully saturated rings. The fourth-order valence-corrected chi connectivity index (χ4v) is 5.94. The first-order valence-electron chi connectivity index (χ1n) is 13.7. The SMILES string of the molecule is C=C(C)/C=C\C(=C(C)C)N1C(=O)Nc2c(C(=O)N[C@@H]3CCCN(C(=O)/C(C#N)=C/C(C)(C)OC)C3)sc3nccc1c23. The molecule has 2 aliphatic heterocycles. The van der Waals surface area contributed by atoms with Gasteiger partial charge >= 0.3 is 6.03 Å². The van der Waals surface area contributed by atoms with Crippen LogP contribution in [0.5, 0.6) is 0 Å². The molecule has 2 aromatic rings. The molecule has 1 saturated heterocycles. The first-order valence-corrected chi connectivity index (χ1v) is 14.5. The third-order valence-electron chi connectivity index (χ3n) is 7.14. The van der Waals surface area contributed by atoms with Gasteiger partial charge in [0, 0.05) is 38.1 Å². The number of ether oxygens (including phenoxy) is 1. The molecule has 0 aromatic carbocycles. The van der Waals surface area contributed by atoms with Gasteiger partial charge in [0.05, 0.1) is 22.4 Å². The van der Waals surface area contributed by atoms with Crippen molar-refractivity contribution in [3.05, 3.63) is 64.4 Å². The summed E-state index contributed by atoms with van der Waals surface area (Å²) < 4.78 is 5.35. The molecular formula is C31H36N6O4S. The van der Waals surface area contributed by atoms with Crippen LogP contribution in [-0.4, -0.2) is 59.6 Å². The number of thiophene rings is 1. The number of allylic oxidation sites excluding steroid dienone is 4. The molecule has 220 valence electrons. The summed E-state index contributed by atoms with van der Waals surface area (Å²) in [6, 6.07) is 3.06. The Morgan fingerprint density at radius 1 is 1.31 bits per heavy atom. The first-order chi connectivity index (χ1) is 19.9. The number of anilines is 2. The minimum absolute atomic E-state index is 0.00228. The second-order valence-electron chi connectivity index (χ2n) is 11.2. The smallest absolute Gasteiger partial charge is 0.331 e. The number of carbonyl (C=O) groups excluding carboxylic acids is 3. The highest BCUT2D eigenvalue weighted by Gasteiger charge is 2.35. The number of carbonyl (C=O) groups is 3. The number of methoxy groups -OCH3 is 1. The molecule has 1 atom stereocenters. The fraction of sp³-hybridized carbons (Fsp3) is 0.387. The zero-order valence-electron chi connectivity index (χ0n) is 24.8. The zero-order chi connectivity index (χ0) is 30.8. The maximum atomic E-state index is 13.6. The summed E-state index contributed by atoms with van der Waals surface area (Å²) in [6.45, 7) is 13.9. The summed E-state index contributed by atoms with van der Waals surface area (Å²) in [5, 5.41) is 16.3. The Hall–Kier alpha value is -4.27. The van der Waals surface area contributed by atoms with Crippen molar-refractivity contribution in [3.8, 4) is 6.07 Å². The van der Waals surface area contributed by atoms with E-state index in [2.05, 4.69) is 22.2 Å². The topological polar surface area (TPSA) is 128 Å². The van der Waals surface area contributed by atoms with Gasteiger partial charge in [0.15, 0.2) is 0 Å². The van der Waals surface area contributed by atoms with Crippen LogP contribution in [0.3, 0.4) is 0 Å². The van der Waals surface area contributed by atoms with Crippen molar-refractivity contribution in [2.45, 2.75) is 59.1 Å². The first kappa shape index (κ1) is 30.7. The van der Waals surface area contributed by atoms with E-state index >= 15 is 0 Å².